The smallest absolute Gasteiger partial charge is 0.0698 e. The normalized spacial score (nSPS) is 9.43. The zero-order valence-corrected chi connectivity index (χ0v) is 18.7. The van der Waals surface area contributed by atoms with E-state index in [-0.39, 0.29) is 26.4 Å². The van der Waals surface area contributed by atoms with Crippen molar-refractivity contribution in [3.8, 4) is 0 Å². The van der Waals surface area contributed by atoms with Crippen LogP contribution in [0.2, 0.25) is 0 Å². The number of aliphatic hydroxyl groups excluding tert-OH is 4. The lowest BCUT2D eigenvalue weighted by Crippen LogP contribution is -2.03. The highest BCUT2D eigenvalue weighted by Gasteiger charge is 1.80. The summed E-state index contributed by atoms with van der Waals surface area (Å²) < 4.78 is 19.5. The van der Waals surface area contributed by atoms with Crippen LogP contribution in [0.5, 0.6) is 0 Å². The van der Waals surface area contributed by atoms with Crippen molar-refractivity contribution >= 4 is 0 Å². The van der Waals surface area contributed by atoms with E-state index in [2.05, 4.69) is 18.6 Å². The first-order valence-corrected chi connectivity index (χ1v) is 10.4. The van der Waals surface area contributed by atoms with E-state index in [1.807, 2.05) is 13.8 Å². The summed E-state index contributed by atoms with van der Waals surface area (Å²) in [5.41, 5.74) is 0. The fraction of sp³-hybridized carbons (Fsp3) is 1.00. The average Bonchev–Trinajstić information content (AvgIpc) is 2.71. The highest BCUT2D eigenvalue weighted by atomic mass is 16.5. The molecule has 0 heterocycles. The molecule has 0 atom stereocenters. The highest BCUT2D eigenvalue weighted by molar-refractivity contribution is 4.26. The van der Waals surface area contributed by atoms with Crippen LogP contribution in [0.15, 0.2) is 0 Å². The van der Waals surface area contributed by atoms with E-state index < -0.39 is 0 Å². The summed E-state index contributed by atoms with van der Waals surface area (Å²) in [6, 6.07) is 0. The van der Waals surface area contributed by atoms with Crippen LogP contribution >= 0.6 is 0 Å². The Morgan fingerprint density at radius 3 is 0.714 bits per heavy atom. The minimum absolute atomic E-state index is 0.0278. The topological polar surface area (TPSA) is 118 Å². The van der Waals surface area contributed by atoms with Crippen molar-refractivity contribution in [2.75, 3.05) is 79.3 Å². The van der Waals surface area contributed by atoms with Crippen molar-refractivity contribution in [3.05, 3.63) is 0 Å². The van der Waals surface area contributed by atoms with Gasteiger partial charge in [-0.05, 0) is 25.7 Å². The van der Waals surface area contributed by atoms with Crippen molar-refractivity contribution in [1.82, 2.24) is 0 Å². The summed E-state index contributed by atoms with van der Waals surface area (Å²) in [5, 5.41) is 32.5. The molecular formula is C20H48O8. The zero-order chi connectivity index (χ0) is 22.1. The Kier molecular flexibility index (Phi) is 57.0. The molecule has 0 radical (unpaired) electrons. The van der Waals surface area contributed by atoms with Gasteiger partial charge in [0.1, 0.15) is 0 Å². The number of hydrogen-bond donors (Lipinski definition) is 4. The van der Waals surface area contributed by atoms with E-state index in [4.69, 9.17) is 34.6 Å². The minimum atomic E-state index is 0.0278. The molecule has 0 aliphatic rings. The molecule has 0 amide bonds. The second-order valence-electron chi connectivity index (χ2n) is 5.34. The van der Waals surface area contributed by atoms with Gasteiger partial charge >= 0.3 is 0 Å². The molecule has 0 aromatic carbocycles. The Labute approximate surface area is 172 Å². The standard InChI is InChI=1S/C6H14O.2C5H12O2.C4H10O3/c1-3-5-7-6-4-2;2*1-2-4-7-5-3-6;5-1-3-7-4-2-6/h3-6H2,1-2H3;2*6H,2-5H2,1H3;5-6H,1-4H2. The zero-order valence-electron chi connectivity index (χ0n) is 18.7. The van der Waals surface area contributed by atoms with Crippen LogP contribution in [-0.4, -0.2) is 99.7 Å². The van der Waals surface area contributed by atoms with E-state index in [0.717, 1.165) is 52.1 Å². The monoisotopic (exact) mass is 416 g/mol. The Bertz CT molecular complexity index is 141. The lowest BCUT2D eigenvalue weighted by molar-refractivity contribution is 0.0650. The number of aliphatic hydroxyl groups is 4. The first-order chi connectivity index (χ1) is 13.7. The van der Waals surface area contributed by atoms with Gasteiger partial charge in [-0.25, -0.2) is 0 Å². The molecule has 8 nitrogen and oxygen atoms in total. The van der Waals surface area contributed by atoms with Gasteiger partial charge in [0.25, 0.3) is 0 Å². The molecule has 0 bridgehead atoms. The summed E-state index contributed by atoms with van der Waals surface area (Å²) in [7, 11) is 0. The molecule has 0 unspecified atom stereocenters. The van der Waals surface area contributed by atoms with Crippen LogP contribution < -0.4 is 0 Å². The van der Waals surface area contributed by atoms with Gasteiger partial charge in [-0.2, -0.15) is 0 Å². The molecule has 0 saturated carbocycles. The summed E-state index contributed by atoms with van der Waals surface area (Å²) in [4.78, 5) is 0. The largest absolute Gasteiger partial charge is 0.394 e. The first-order valence-electron chi connectivity index (χ1n) is 10.4. The van der Waals surface area contributed by atoms with Crippen molar-refractivity contribution < 1.29 is 39.4 Å². The Balaban J connectivity index is -0.000000137. The van der Waals surface area contributed by atoms with E-state index in [9.17, 15) is 0 Å². The quantitative estimate of drug-likeness (QED) is 0.280. The number of rotatable bonds is 16. The molecule has 176 valence electrons. The second kappa shape index (κ2) is 45.4. The fourth-order valence-electron chi connectivity index (χ4n) is 1.24. The summed E-state index contributed by atoms with van der Waals surface area (Å²) in [6.07, 6.45) is 4.33. The molecule has 0 rings (SSSR count). The van der Waals surface area contributed by atoms with Gasteiger partial charge in [0.2, 0.25) is 0 Å². The molecule has 4 N–H and O–H groups in total. The Morgan fingerprint density at radius 2 is 0.536 bits per heavy atom. The maximum atomic E-state index is 8.17. The number of ether oxygens (including phenoxy) is 4. The Morgan fingerprint density at radius 1 is 0.357 bits per heavy atom. The van der Waals surface area contributed by atoms with Crippen LogP contribution in [0.1, 0.15) is 53.4 Å². The molecule has 0 aromatic heterocycles. The van der Waals surface area contributed by atoms with Crippen molar-refractivity contribution in [1.29, 1.82) is 0 Å². The lowest BCUT2D eigenvalue weighted by atomic mass is 10.5. The van der Waals surface area contributed by atoms with E-state index >= 15 is 0 Å². The van der Waals surface area contributed by atoms with Crippen LogP contribution in [0.4, 0.5) is 0 Å². The maximum absolute atomic E-state index is 8.17. The molecular weight excluding hydrogens is 368 g/mol. The Hall–Kier alpha value is -0.320. The highest BCUT2D eigenvalue weighted by Crippen LogP contribution is 1.81. The average molecular weight is 417 g/mol. The second-order valence-corrected chi connectivity index (χ2v) is 5.34. The van der Waals surface area contributed by atoms with E-state index in [1.54, 1.807) is 0 Å². The van der Waals surface area contributed by atoms with Crippen LogP contribution in [0.3, 0.4) is 0 Å². The van der Waals surface area contributed by atoms with Crippen molar-refractivity contribution in [2.24, 2.45) is 0 Å². The van der Waals surface area contributed by atoms with Gasteiger partial charge in [-0.15, -0.1) is 0 Å². The summed E-state index contributed by atoms with van der Waals surface area (Å²) >= 11 is 0. The summed E-state index contributed by atoms with van der Waals surface area (Å²) in [5.74, 6) is 0. The maximum Gasteiger partial charge on any atom is 0.0698 e. The predicted octanol–water partition coefficient (Wildman–Crippen LogP) is 1.62. The van der Waals surface area contributed by atoms with Gasteiger partial charge in [0, 0.05) is 26.4 Å². The third-order valence-electron chi connectivity index (χ3n) is 2.34. The predicted molar refractivity (Wildman–Crippen MR) is 113 cm³/mol. The van der Waals surface area contributed by atoms with Crippen molar-refractivity contribution in [3.63, 3.8) is 0 Å². The van der Waals surface area contributed by atoms with Gasteiger partial charge in [0.05, 0.1) is 52.9 Å². The van der Waals surface area contributed by atoms with Gasteiger partial charge in [-0.3, -0.25) is 0 Å². The van der Waals surface area contributed by atoms with Gasteiger partial charge in [0.15, 0.2) is 0 Å². The minimum Gasteiger partial charge on any atom is -0.394 e. The molecule has 0 aromatic rings. The van der Waals surface area contributed by atoms with E-state index in [1.165, 1.54) is 0 Å². The lowest BCUT2D eigenvalue weighted by Gasteiger charge is -1.95. The third-order valence-corrected chi connectivity index (χ3v) is 2.34. The van der Waals surface area contributed by atoms with Crippen LogP contribution in [0, 0.1) is 0 Å². The third kappa shape index (κ3) is 63.6. The number of hydrogen-bond acceptors (Lipinski definition) is 8. The molecule has 0 fully saturated rings. The SMILES string of the molecule is CCCOCCC.CCCOCCO.CCCOCCO.OCCOCCO. The molecule has 28 heavy (non-hydrogen) atoms. The fourth-order valence-corrected chi connectivity index (χ4v) is 1.24. The first kappa shape index (κ1) is 35.1. The summed E-state index contributed by atoms with van der Waals surface area (Å²) in [6.45, 7) is 13.6. The van der Waals surface area contributed by atoms with Crippen LogP contribution in [0.25, 0.3) is 0 Å². The molecule has 0 aliphatic heterocycles. The molecule has 0 spiro atoms. The van der Waals surface area contributed by atoms with Gasteiger partial charge < -0.3 is 39.4 Å². The van der Waals surface area contributed by atoms with Gasteiger partial charge in [-0.1, -0.05) is 27.7 Å². The molecule has 0 saturated heterocycles. The molecule has 0 aliphatic carbocycles. The molecule has 8 heteroatoms. The van der Waals surface area contributed by atoms with Crippen LogP contribution in [-0.2, 0) is 18.9 Å². The van der Waals surface area contributed by atoms with Crippen molar-refractivity contribution in [2.45, 2.75) is 53.4 Å². The van der Waals surface area contributed by atoms with E-state index in [0.29, 0.717) is 26.4 Å².